The van der Waals surface area contributed by atoms with E-state index in [1.807, 2.05) is 32.0 Å². The number of nitrogens with zero attached hydrogens (tertiary/aromatic N) is 1. The van der Waals surface area contributed by atoms with Gasteiger partial charge in [-0.1, -0.05) is 23.8 Å². The van der Waals surface area contributed by atoms with Crippen molar-refractivity contribution in [3.05, 3.63) is 59.2 Å². The Morgan fingerprint density at radius 1 is 1.05 bits per heavy atom. The number of nitrogens with two attached hydrogens (primary N) is 1. The average molecular weight is 567 g/mol. The average Bonchev–Trinajstić information content (AvgIpc) is 2.86. The lowest BCUT2D eigenvalue weighted by Gasteiger charge is -2.44. The Morgan fingerprint density at radius 2 is 1.71 bits per heavy atom. The summed E-state index contributed by atoms with van der Waals surface area (Å²) in [5, 5.41) is 5.60. The van der Waals surface area contributed by atoms with Gasteiger partial charge in [-0.05, 0) is 95.7 Å². The maximum absolute atomic E-state index is 14.3. The molecular formula is C31H42N4O6. The van der Waals surface area contributed by atoms with Crippen molar-refractivity contribution in [1.29, 1.82) is 0 Å². The van der Waals surface area contributed by atoms with Crippen molar-refractivity contribution in [2.75, 3.05) is 12.4 Å². The van der Waals surface area contributed by atoms with Crippen LogP contribution in [0.2, 0.25) is 0 Å². The first-order valence-electron chi connectivity index (χ1n) is 13.9. The van der Waals surface area contributed by atoms with Gasteiger partial charge in [-0.15, -0.1) is 0 Å². The van der Waals surface area contributed by atoms with Crippen molar-refractivity contribution in [2.24, 2.45) is 5.73 Å². The van der Waals surface area contributed by atoms with Crippen LogP contribution in [0.1, 0.15) is 75.6 Å². The fraction of sp³-hybridized carbons (Fsp3) is 0.484. The smallest absolute Gasteiger partial charge is 0.408 e. The zero-order valence-electron chi connectivity index (χ0n) is 24.8. The number of benzene rings is 2. The Bertz CT molecular complexity index is 1250. The predicted octanol–water partition coefficient (Wildman–Crippen LogP) is 4.53. The number of ether oxygens (including phenoxy) is 2. The third kappa shape index (κ3) is 8.70. The van der Waals surface area contributed by atoms with Crippen LogP contribution in [0.5, 0.6) is 5.75 Å². The van der Waals surface area contributed by atoms with Crippen LogP contribution in [0.4, 0.5) is 10.5 Å². The van der Waals surface area contributed by atoms with E-state index in [-0.39, 0.29) is 18.9 Å². The lowest BCUT2D eigenvalue weighted by molar-refractivity contribution is -0.146. The van der Waals surface area contributed by atoms with E-state index in [9.17, 15) is 19.2 Å². The molecule has 10 heteroatoms. The standard InChI is InChI=1S/C31H42N4O6/c1-19-10-11-20(2)24(18-19)27(28(37)33-21-12-14-23(40-6)15-13-21)35(22-8-7-9-22)29(38)25(16-17-26(32)36)34-30(39)41-31(3,4)5/h10-15,18,22,25,27H,7-9,16-17H2,1-6H3,(H2,32,36)(H,33,37)(H,34,39). The molecule has 41 heavy (non-hydrogen) atoms. The molecule has 1 aliphatic rings. The first kappa shape index (κ1) is 31.4. The molecule has 0 aliphatic heterocycles. The molecule has 1 aliphatic carbocycles. The summed E-state index contributed by atoms with van der Waals surface area (Å²) in [5.74, 6) is -0.828. The van der Waals surface area contributed by atoms with Crippen LogP contribution in [0.3, 0.4) is 0 Å². The second-order valence-corrected chi connectivity index (χ2v) is 11.5. The van der Waals surface area contributed by atoms with Gasteiger partial charge >= 0.3 is 6.09 Å². The highest BCUT2D eigenvalue weighted by Gasteiger charge is 2.42. The van der Waals surface area contributed by atoms with Gasteiger partial charge in [0, 0.05) is 18.2 Å². The van der Waals surface area contributed by atoms with Crippen LogP contribution in [0, 0.1) is 13.8 Å². The predicted molar refractivity (Wildman–Crippen MR) is 156 cm³/mol. The Balaban J connectivity index is 2.05. The van der Waals surface area contributed by atoms with E-state index in [2.05, 4.69) is 10.6 Å². The molecule has 0 heterocycles. The molecule has 0 spiro atoms. The van der Waals surface area contributed by atoms with E-state index < -0.39 is 41.5 Å². The number of amides is 4. The molecule has 10 nitrogen and oxygen atoms in total. The van der Waals surface area contributed by atoms with E-state index in [1.54, 1.807) is 57.0 Å². The minimum atomic E-state index is -1.13. The quantitative estimate of drug-likeness (QED) is 0.365. The fourth-order valence-corrected chi connectivity index (χ4v) is 4.71. The van der Waals surface area contributed by atoms with Gasteiger partial charge in [0.25, 0.3) is 5.91 Å². The number of anilines is 1. The molecule has 3 rings (SSSR count). The van der Waals surface area contributed by atoms with E-state index in [0.717, 1.165) is 17.5 Å². The highest BCUT2D eigenvalue weighted by Crippen LogP contribution is 2.36. The van der Waals surface area contributed by atoms with Crippen LogP contribution in [0.15, 0.2) is 42.5 Å². The number of carbonyl (C=O) groups excluding carboxylic acids is 4. The molecule has 0 bridgehead atoms. The SMILES string of the molecule is COc1ccc(NC(=O)C(c2cc(C)ccc2C)N(C(=O)C(CCC(N)=O)NC(=O)OC(C)(C)C)C2CCC2)cc1. The van der Waals surface area contributed by atoms with Gasteiger partial charge in [-0.2, -0.15) is 0 Å². The molecule has 0 saturated heterocycles. The molecule has 2 aromatic rings. The molecule has 222 valence electrons. The number of hydrogen-bond acceptors (Lipinski definition) is 6. The van der Waals surface area contributed by atoms with Crippen LogP contribution in [0.25, 0.3) is 0 Å². The highest BCUT2D eigenvalue weighted by atomic mass is 16.6. The molecule has 2 unspecified atom stereocenters. The van der Waals surface area contributed by atoms with Gasteiger partial charge in [-0.3, -0.25) is 14.4 Å². The number of hydrogen-bond donors (Lipinski definition) is 3. The fourth-order valence-electron chi connectivity index (χ4n) is 4.71. The van der Waals surface area contributed by atoms with Crippen LogP contribution in [-0.2, 0) is 19.1 Å². The van der Waals surface area contributed by atoms with Gasteiger partial charge in [-0.25, -0.2) is 4.79 Å². The van der Waals surface area contributed by atoms with Crippen LogP contribution in [-0.4, -0.2) is 53.5 Å². The molecule has 0 aromatic heterocycles. The summed E-state index contributed by atoms with van der Waals surface area (Å²) in [5.41, 5.74) is 7.62. The maximum Gasteiger partial charge on any atom is 0.408 e. The van der Waals surface area contributed by atoms with Gasteiger partial charge in [0.15, 0.2) is 0 Å². The van der Waals surface area contributed by atoms with Gasteiger partial charge in [0.1, 0.15) is 23.4 Å². The number of alkyl carbamates (subject to hydrolysis) is 1. The normalized spacial score (nSPS) is 14.7. The highest BCUT2D eigenvalue weighted by molar-refractivity contribution is 5.99. The second kappa shape index (κ2) is 13.5. The van der Waals surface area contributed by atoms with Crippen LogP contribution < -0.4 is 21.1 Å². The van der Waals surface area contributed by atoms with Crippen molar-refractivity contribution >= 4 is 29.5 Å². The summed E-state index contributed by atoms with van der Waals surface area (Å²) < 4.78 is 10.6. The third-order valence-electron chi connectivity index (χ3n) is 7.00. The number of rotatable bonds is 11. The number of methoxy groups -OCH3 is 1. The summed E-state index contributed by atoms with van der Waals surface area (Å²) in [6.07, 6.45) is 1.36. The van der Waals surface area contributed by atoms with E-state index in [1.165, 1.54) is 0 Å². The maximum atomic E-state index is 14.3. The summed E-state index contributed by atoms with van der Waals surface area (Å²) in [6.45, 7) is 8.97. The van der Waals surface area contributed by atoms with Crippen molar-refractivity contribution in [3.8, 4) is 5.75 Å². The molecule has 1 saturated carbocycles. The minimum Gasteiger partial charge on any atom is -0.497 e. The Morgan fingerprint density at radius 3 is 2.24 bits per heavy atom. The van der Waals surface area contributed by atoms with Crippen LogP contribution >= 0.6 is 0 Å². The molecule has 2 atom stereocenters. The lowest BCUT2D eigenvalue weighted by atomic mass is 9.86. The topological polar surface area (TPSA) is 140 Å². The zero-order valence-corrected chi connectivity index (χ0v) is 24.8. The second-order valence-electron chi connectivity index (χ2n) is 11.5. The first-order valence-corrected chi connectivity index (χ1v) is 13.9. The summed E-state index contributed by atoms with van der Waals surface area (Å²) in [7, 11) is 1.56. The Kier molecular flexibility index (Phi) is 10.4. The third-order valence-corrected chi connectivity index (χ3v) is 7.00. The van der Waals surface area contributed by atoms with Crippen molar-refractivity contribution < 1.29 is 28.7 Å². The van der Waals surface area contributed by atoms with Gasteiger partial charge in [0.2, 0.25) is 11.8 Å². The number of carbonyl (C=O) groups is 4. The number of aryl methyl sites for hydroxylation is 2. The van der Waals surface area contributed by atoms with E-state index in [0.29, 0.717) is 29.8 Å². The largest absolute Gasteiger partial charge is 0.497 e. The summed E-state index contributed by atoms with van der Waals surface area (Å²) in [4.78, 5) is 54.5. The van der Waals surface area contributed by atoms with Crippen molar-refractivity contribution in [3.63, 3.8) is 0 Å². The van der Waals surface area contributed by atoms with Gasteiger partial charge < -0.3 is 30.7 Å². The molecule has 4 N–H and O–H groups in total. The summed E-state index contributed by atoms with van der Waals surface area (Å²) >= 11 is 0. The van der Waals surface area contributed by atoms with Gasteiger partial charge in [0.05, 0.1) is 7.11 Å². The molecule has 1 fully saturated rings. The lowest BCUT2D eigenvalue weighted by Crippen LogP contribution is -2.57. The van der Waals surface area contributed by atoms with E-state index >= 15 is 0 Å². The minimum absolute atomic E-state index is 0.0315. The van der Waals surface area contributed by atoms with Crippen molar-refractivity contribution in [1.82, 2.24) is 10.2 Å². The van der Waals surface area contributed by atoms with Crippen molar-refractivity contribution in [2.45, 2.75) is 90.4 Å². The molecule has 2 aromatic carbocycles. The Hall–Kier alpha value is -4.08. The monoisotopic (exact) mass is 566 g/mol. The van der Waals surface area contributed by atoms with E-state index in [4.69, 9.17) is 15.2 Å². The molecule has 4 amide bonds. The zero-order chi connectivity index (χ0) is 30.3. The Labute approximate surface area is 241 Å². The number of nitrogens with one attached hydrogen (secondary N) is 2. The summed E-state index contributed by atoms with van der Waals surface area (Å²) in [6, 6.07) is 10.4. The first-order chi connectivity index (χ1) is 19.3. The molecule has 0 radical (unpaired) electrons. The molecular weight excluding hydrogens is 524 g/mol. The number of primary amides is 1.